The van der Waals surface area contributed by atoms with E-state index in [0.717, 1.165) is 12.0 Å². The number of aliphatic carboxylic acids is 1. The molecule has 0 radical (unpaired) electrons. The zero-order valence-corrected chi connectivity index (χ0v) is 12.3. The lowest BCUT2D eigenvalue weighted by molar-refractivity contribution is -0.138. The van der Waals surface area contributed by atoms with Crippen molar-refractivity contribution in [1.82, 2.24) is 5.32 Å². The maximum atomic E-state index is 12.1. The van der Waals surface area contributed by atoms with Gasteiger partial charge in [-0.15, -0.1) is 0 Å². The summed E-state index contributed by atoms with van der Waals surface area (Å²) in [5.41, 5.74) is 1.56. The molecule has 1 aromatic rings. The van der Waals surface area contributed by atoms with E-state index in [9.17, 15) is 9.59 Å². The molecule has 0 saturated heterocycles. The molecule has 1 aromatic carbocycles. The topological polar surface area (TPSA) is 66.4 Å². The van der Waals surface area contributed by atoms with E-state index in [1.165, 1.54) is 0 Å². The molecule has 1 rings (SSSR count). The molecule has 4 nitrogen and oxygen atoms in total. The highest BCUT2D eigenvalue weighted by Gasteiger charge is 2.17. The van der Waals surface area contributed by atoms with E-state index < -0.39 is 5.97 Å². The summed E-state index contributed by atoms with van der Waals surface area (Å²) < 4.78 is 0. The van der Waals surface area contributed by atoms with Gasteiger partial charge in [-0.25, -0.2) is 0 Å². The van der Waals surface area contributed by atoms with Gasteiger partial charge in [0.25, 0.3) is 5.91 Å². The maximum absolute atomic E-state index is 12.1. The van der Waals surface area contributed by atoms with Gasteiger partial charge in [0, 0.05) is 18.5 Å². The van der Waals surface area contributed by atoms with Crippen LogP contribution in [-0.2, 0) is 4.79 Å². The second-order valence-electron chi connectivity index (χ2n) is 5.62. The van der Waals surface area contributed by atoms with Crippen molar-refractivity contribution in [2.45, 2.75) is 33.6 Å². The molecule has 0 fully saturated rings. The number of carbonyl (C=O) groups excluding carboxylic acids is 1. The summed E-state index contributed by atoms with van der Waals surface area (Å²) in [5.74, 6) is -0.571. The van der Waals surface area contributed by atoms with Crippen molar-refractivity contribution in [3.8, 4) is 0 Å². The number of nitrogens with one attached hydrogen (secondary N) is 1. The standard InChI is InChI=1S/C16H23NO3/c1-11(2)8-13(9-15(18)19)10-17-16(20)14-7-5-4-6-12(14)3/h4-7,11,13H,8-10H2,1-3H3,(H,17,20)(H,18,19). The Kier molecular flexibility index (Phi) is 6.22. The minimum atomic E-state index is -0.819. The third-order valence-corrected chi connectivity index (χ3v) is 3.21. The number of amides is 1. The number of hydrogen-bond acceptors (Lipinski definition) is 2. The van der Waals surface area contributed by atoms with Crippen LogP contribution in [0.2, 0.25) is 0 Å². The smallest absolute Gasteiger partial charge is 0.303 e. The molecule has 0 heterocycles. The number of hydrogen-bond donors (Lipinski definition) is 2. The summed E-state index contributed by atoms with van der Waals surface area (Å²) in [6.45, 7) is 6.39. The van der Waals surface area contributed by atoms with Crippen molar-refractivity contribution in [1.29, 1.82) is 0 Å². The molecule has 4 heteroatoms. The molecule has 20 heavy (non-hydrogen) atoms. The highest BCUT2D eigenvalue weighted by atomic mass is 16.4. The lowest BCUT2D eigenvalue weighted by Crippen LogP contribution is -2.31. The summed E-state index contributed by atoms with van der Waals surface area (Å²) in [6.07, 6.45) is 0.882. The van der Waals surface area contributed by atoms with Crippen LogP contribution in [-0.4, -0.2) is 23.5 Å². The Bertz CT molecular complexity index is 469. The molecule has 0 aliphatic carbocycles. The van der Waals surface area contributed by atoms with Gasteiger partial charge in [0.05, 0.1) is 0 Å². The normalized spacial score (nSPS) is 12.2. The Morgan fingerprint density at radius 3 is 2.45 bits per heavy atom. The Balaban J connectivity index is 2.60. The van der Waals surface area contributed by atoms with E-state index in [0.29, 0.717) is 18.0 Å². The number of aryl methyl sites for hydroxylation is 1. The average molecular weight is 277 g/mol. The molecule has 0 aromatic heterocycles. The van der Waals surface area contributed by atoms with Gasteiger partial charge >= 0.3 is 5.97 Å². The van der Waals surface area contributed by atoms with Gasteiger partial charge in [-0.2, -0.15) is 0 Å². The third kappa shape index (κ3) is 5.43. The van der Waals surface area contributed by atoms with E-state index in [-0.39, 0.29) is 18.2 Å². The van der Waals surface area contributed by atoms with E-state index in [4.69, 9.17) is 5.11 Å². The van der Waals surface area contributed by atoms with E-state index in [1.807, 2.05) is 25.1 Å². The second kappa shape index (κ2) is 7.68. The summed E-state index contributed by atoms with van der Waals surface area (Å²) in [5, 5.41) is 11.8. The molecule has 1 amide bonds. The van der Waals surface area contributed by atoms with Crippen LogP contribution in [0.25, 0.3) is 0 Å². The number of carbonyl (C=O) groups is 2. The second-order valence-corrected chi connectivity index (χ2v) is 5.62. The first-order valence-electron chi connectivity index (χ1n) is 6.95. The van der Waals surface area contributed by atoms with Crippen LogP contribution in [0.5, 0.6) is 0 Å². The average Bonchev–Trinajstić information content (AvgIpc) is 2.34. The summed E-state index contributed by atoms with van der Waals surface area (Å²) >= 11 is 0. The molecule has 0 saturated carbocycles. The number of benzene rings is 1. The molecule has 0 aliphatic heterocycles. The minimum absolute atomic E-state index is 0.0273. The fraction of sp³-hybridized carbons (Fsp3) is 0.500. The van der Waals surface area contributed by atoms with Crippen molar-refractivity contribution in [2.75, 3.05) is 6.54 Å². The first-order chi connectivity index (χ1) is 9.40. The monoisotopic (exact) mass is 277 g/mol. The van der Waals surface area contributed by atoms with E-state index >= 15 is 0 Å². The third-order valence-electron chi connectivity index (χ3n) is 3.21. The van der Waals surface area contributed by atoms with E-state index in [1.54, 1.807) is 6.07 Å². The lowest BCUT2D eigenvalue weighted by atomic mass is 9.94. The van der Waals surface area contributed by atoms with Crippen LogP contribution in [0.4, 0.5) is 0 Å². The molecule has 110 valence electrons. The van der Waals surface area contributed by atoms with Crippen LogP contribution >= 0.6 is 0 Å². The Morgan fingerprint density at radius 1 is 1.25 bits per heavy atom. The molecular formula is C16H23NO3. The molecule has 1 unspecified atom stereocenters. The first-order valence-corrected chi connectivity index (χ1v) is 6.95. The van der Waals surface area contributed by atoms with Gasteiger partial charge in [0.2, 0.25) is 0 Å². The molecule has 0 bridgehead atoms. The van der Waals surface area contributed by atoms with Crippen molar-refractivity contribution in [2.24, 2.45) is 11.8 Å². The quantitative estimate of drug-likeness (QED) is 0.805. The number of carboxylic acids is 1. The number of carboxylic acid groups (broad SMARTS) is 1. The van der Waals surface area contributed by atoms with Gasteiger partial charge in [-0.3, -0.25) is 9.59 Å². The first kappa shape index (κ1) is 16.2. The summed E-state index contributed by atoms with van der Waals surface area (Å²) in [7, 11) is 0. The van der Waals surface area contributed by atoms with Crippen LogP contribution < -0.4 is 5.32 Å². The van der Waals surface area contributed by atoms with Crippen LogP contribution in [0, 0.1) is 18.8 Å². The van der Waals surface area contributed by atoms with Gasteiger partial charge in [0.15, 0.2) is 0 Å². The molecule has 0 spiro atoms. The van der Waals surface area contributed by atoms with Crippen molar-refractivity contribution < 1.29 is 14.7 Å². The highest BCUT2D eigenvalue weighted by molar-refractivity contribution is 5.95. The largest absolute Gasteiger partial charge is 0.481 e. The van der Waals surface area contributed by atoms with Gasteiger partial charge in [-0.05, 0) is 36.8 Å². The SMILES string of the molecule is Cc1ccccc1C(=O)NCC(CC(=O)O)CC(C)C. The van der Waals surface area contributed by atoms with Crippen molar-refractivity contribution >= 4 is 11.9 Å². The van der Waals surface area contributed by atoms with Gasteiger partial charge < -0.3 is 10.4 Å². The maximum Gasteiger partial charge on any atom is 0.303 e. The van der Waals surface area contributed by atoms with Crippen molar-refractivity contribution in [3.63, 3.8) is 0 Å². The minimum Gasteiger partial charge on any atom is -0.481 e. The van der Waals surface area contributed by atoms with Gasteiger partial charge in [0.1, 0.15) is 0 Å². The highest BCUT2D eigenvalue weighted by Crippen LogP contribution is 2.15. The predicted octanol–water partition coefficient (Wildman–Crippen LogP) is 2.86. The molecule has 0 aliphatic rings. The molecule has 2 N–H and O–H groups in total. The zero-order valence-electron chi connectivity index (χ0n) is 12.3. The van der Waals surface area contributed by atoms with E-state index in [2.05, 4.69) is 19.2 Å². The predicted molar refractivity (Wildman–Crippen MR) is 78.7 cm³/mol. The Morgan fingerprint density at radius 2 is 1.90 bits per heavy atom. The zero-order chi connectivity index (χ0) is 15.1. The summed E-state index contributed by atoms with van der Waals surface area (Å²) in [4.78, 5) is 22.9. The fourth-order valence-corrected chi connectivity index (χ4v) is 2.31. The Labute approximate surface area is 120 Å². The number of rotatable bonds is 7. The molecular weight excluding hydrogens is 254 g/mol. The fourth-order valence-electron chi connectivity index (χ4n) is 2.31. The molecule has 1 atom stereocenters. The van der Waals surface area contributed by atoms with Crippen molar-refractivity contribution in [3.05, 3.63) is 35.4 Å². The van der Waals surface area contributed by atoms with Crippen LogP contribution in [0.1, 0.15) is 42.6 Å². The Hall–Kier alpha value is -1.84. The lowest BCUT2D eigenvalue weighted by Gasteiger charge is -2.18. The van der Waals surface area contributed by atoms with Gasteiger partial charge in [-0.1, -0.05) is 32.0 Å². The van der Waals surface area contributed by atoms with Crippen LogP contribution in [0.3, 0.4) is 0 Å². The summed E-state index contributed by atoms with van der Waals surface area (Å²) in [6, 6.07) is 7.37. The van der Waals surface area contributed by atoms with Crippen LogP contribution in [0.15, 0.2) is 24.3 Å².